The molecule has 1 aromatic heterocycles. The van der Waals surface area contributed by atoms with Crippen molar-refractivity contribution in [2.45, 2.75) is 51.1 Å². The van der Waals surface area contributed by atoms with Gasteiger partial charge < -0.3 is 10.4 Å². The first-order valence-corrected chi connectivity index (χ1v) is 9.70. The van der Waals surface area contributed by atoms with Gasteiger partial charge in [-0.25, -0.2) is 4.79 Å². The highest BCUT2D eigenvalue weighted by Crippen LogP contribution is 2.31. The van der Waals surface area contributed by atoms with Crippen LogP contribution in [0.1, 0.15) is 54.8 Å². The Morgan fingerprint density at radius 1 is 1.15 bits per heavy atom. The van der Waals surface area contributed by atoms with Crippen molar-refractivity contribution in [3.05, 3.63) is 73.4 Å². The number of nitrogens with zero attached hydrogens (tertiary/aromatic N) is 1. The van der Waals surface area contributed by atoms with E-state index in [1.54, 1.807) is 0 Å². The van der Waals surface area contributed by atoms with Gasteiger partial charge in [0.1, 0.15) is 0 Å². The molecule has 0 unspecified atom stereocenters. The fourth-order valence-corrected chi connectivity index (χ4v) is 4.19. The van der Waals surface area contributed by atoms with Gasteiger partial charge in [0.2, 0.25) is 5.88 Å². The molecule has 0 saturated heterocycles. The molecule has 2 aromatic rings. The Kier molecular flexibility index (Phi) is 4.99. The SMILES string of the molecule is O=c1[nH]c(=O)n(CCC2=CCCCC2)c(O)c1[C@@H]1NCCc2ccccc21. The highest BCUT2D eigenvalue weighted by Gasteiger charge is 2.28. The first kappa shape index (κ1) is 17.8. The van der Waals surface area contributed by atoms with Gasteiger partial charge in [0.05, 0.1) is 11.6 Å². The van der Waals surface area contributed by atoms with Crippen molar-refractivity contribution < 1.29 is 5.11 Å². The van der Waals surface area contributed by atoms with Crippen LogP contribution in [-0.2, 0) is 13.0 Å². The molecule has 1 aromatic carbocycles. The van der Waals surface area contributed by atoms with E-state index in [1.165, 1.54) is 23.0 Å². The lowest BCUT2D eigenvalue weighted by atomic mass is 9.90. The molecule has 6 nitrogen and oxygen atoms in total. The first-order chi connectivity index (χ1) is 13.1. The van der Waals surface area contributed by atoms with Crippen LogP contribution in [0.3, 0.4) is 0 Å². The molecular weight excluding hydrogens is 342 g/mol. The molecule has 2 heterocycles. The van der Waals surface area contributed by atoms with Crippen molar-refractivity contribution in [1.29, 1.82) is 0 Å². The molecule has 3 N–H and O–H groups in total. The standard InChI is InChI=1S/C21H25N3O3/c25-19-17(18-16-9-5-4-8-15(16)10-12-22-18)20(26)24(21(27)23-19)13-11-14-6-2-1-3-7-14/h4-6,8-9,18,22,26H,1-3,7,10-13H2,(H,23,25,27)/t18-/m1/s1. The summed E-state index contributed by atoms with van der Waals surface area (Å²) in [5.74, 6) is -0.227. The highest BCUT2D eigenvalue weighted by atomic mass is 16.3. The van der Waals surface area contributed by atoms with Crippen LogP contribution >= 0.6 is 0 Å². The van der Waals surface area contributed by atoms with Crippen LogP contribution in [0.5, 0.6) is 5.88 Å². The van der Waals surface area contributed by atoms with E-state index in [0.717, 1.165) is 30.4 Å². The van der Waals surface area contributed by atoms with E-state index in [2.05, 4.69) is 16.4 Å². The van der Waals surface area contributed by atoms with Gasteiger partial charge in [-0.05, 0) is 49.7 Å². The summed E-state index contributed by atoms with van der Waals surface area (Å²) in [6.45, 7) is 1.08. The summed E-state index contributed by atoms with van der Waals surface area (Å²) >= 11 is 0. The molecular formula is C21H25N3O3. The van der Waals surface area contributed by atoms with E-state index < -0.39 is 17.3 Å². The van der Waals surface area contributed by atoms with Gasteiger partial charge in [0, 0.05) is 13.1 Å². The quantitative estimate of drug-likeness (QED) is 0.724. The normalized spacial score (nSPS) is 19.4. The van der Waals surface area contributed by atoms with Crippen LogP contribution < -0.4 is 16.6 Å². The predicted octanol–water partition coefficient (Wildman–Crippen LogP) is 2.37. The molecule has 0 saturated carbocycles. The van der Waals surface area contributed by atoms with Crippen LogP contribution in [0.2, 0.25) is 0 Å². The van der Waals surface area contributed by atoms with Crippen molar-refractivity contribution in [2.24, 2.45) is 0 Å². The topological polar surface area (TPSA) is 87.1 Å². The van der Waals surface area contributed by atoms with Gasteiger partial charge in [-0.1, -0.05) is 35.9 Å². The molecule has 142 valence electrons. The van der Waals surface area contributed by atoms with Crippen LogP contribution in [0.4, 0.5) is 0 Å². The zero-order chi connectivity index (χ0) is 18.8. The van der Waals surface area contributed by atoms with Gasteiger partial charge in [-0.3, -0.25) is 14.3 Å². The maximum Gasteiger partial charge on any atom is 0.331 e. The number of rotatable bonds is 4. The number of benzene rings is 1. The summed E-state index contributed by atoms with van der Waals surface area (Å²) in [5, 5.41) is 14.2. The van der Waals surface area contributed by atoms with E-state index in [1.807, 2.05) is 24.3 Å². The molecule has 1 aliphatic carbocycles. The Labute approximate surface area is 157 Å². The Balaban J connectivity index is 1.71. The number of hydrogen-bond donors (Lipinski definition) is 3. The molecule has 2 aliphatic rings. The number of aromatic amines is 1. The van der Waals surface area contributed by atoms with E-state index in [9.17, 15) is 14.7 Å². The molecule has 0 bridgehead atoms. The number of hydrogen-bond acceptors (Lipinski definition) is 4. The maximum absolute atomic E-state index is 12.5. The minimum atomic E-state index is -0.554. The second-order valence-corrected chi connectivity index (χ2v) is 7.34. The van der Waals surface area contributed by atoms with Gasteiger partial charge in [0.25, 0.3) is 5.56 Å². The second-order valence-electron chi connectivity index (χ2n) is 7.34. The Morgan fingerprint density at radius 2 is 2.00 bits per heavy atom. The molecule has 0 radical (unpaired) electrons. The number of nitrogens with one attached hydrogen (secondary N) is 2. The number of H-pyrrole nitrogens is 1. The van der Waals surface area contributed by atoms with Crippen molar-refractivity contribution >= 4 is 0 Å². The second kappa shape index (κ2) is 7.56. The minimum Gasteiger partial charge on any atom is -0.494 e. The van der Waals surface area contributed by atoms with Crippen molar-refractivity contribution in [3.63, 3.8) is 0 Å². The Hall–Kier alpha value is -2.60. The molecule has 0 amide bonds. The smallest absolute Gasteiger partial charge is 0.331 e. The van der Waals surface area contributed by atoms with Gasteiger partial charge >= 0.3 is 5.69 Å². The zero-order valence-corrected chi connectivity index (χ0v) is 15.3. The largest absolute Gasteiger partial charge is 0.494 e. The van der Waals surface area contributed by atoms with Crippen molar-refractivity contribution in [1.82, 2.24) is 14.9 Å². The summed E-state index contributed by atoms with van der Waals surface area (Å²) in [6.07, 6.45) is 8.33. The molecule has 1 atom stereocenters. The summed E-state index contributed by atoms with van der Waals surface area (Å²) in [4.78, 5) is 27.3. The maximum atomic E-state index is 12.5. The van der Waals surface area contributed by atoms with Gasteiger partial charge in [0.15, 0.2) is 0 Å². The summed E-state index contributed by atoms with van der Waals surface area (Å²) in [7, 11) is 0. The van der Waals surface area contributed by atoms with Crippen LogP contribution in [0.15, 0.2) is 45.5 Å². The molecule has 27 heavy (non-hydrogen) atoms. The van der Waals surface area contributed by atoms with E-state index in [-0.39, 0.29) is 11.4 Å². The van der Waals surface area contributed by atoms with E-state index in [0.29, 0.717) is 19.5 Å². The predicted molar refractivity (Wildman–Crippen MR) is 104 cm³/mol. The number of aromatic nitrogens is 2. The number of fused-ring (bicyclic) bond motifs is 1. The van der Waals surface area contributed by atoms with Crippen LogP contribution in [0.25, 0.3) is 0 Å². The Bertz CT molecular complexity index is 987. The van der Waals surface area contributed by atoms with Gasteiger partial charge in [-0.2, -0.15) is 0 Å². The van der Waals surface area contributed by atoms with Crippen LogP contribution in [-0.4, -0.2) is 21.2 Å². The molecule has 1 aliphatic heterocycles. The highest BCUT2D eigenvalue weighted by molar-refractivity contribution is 5.41. The fourth-order valence-electron chi connectivity index (χ4n) is 4.19. The lowest BCUT2D eigenvalue weighted by Crippen LogP contribution is -2.39. The fraction of sp³-hybridized carbons (Fsp3) is 0.429. The van der Waals surface area contributed by atoms with Crippen LogP contribution in [0, 0.1) is 0 Å². The monoisotopic (exact) mass is 367 g/mol. The molecule has 4 rings (SSSR count). The van der Waals surface area contributed by atoms with E-state index in [4.69, 9.17) is 0 Å². The summed E-state index contributed by atoms with van der Waals surface area (Å²) in [6, 6.07) is 7.49. The lowest BCUT2D eigenvalue weighted by Gasteiger charge is -2.27. The number of aromatic hydroxyl groups is 1. The Morgan fingerprint density at radius 3 is 2.81 bits per heavy atom. The summed E-state index contributed by atoms with van der Waals surface area (Å²) < 4.78 is 1.30. The molecule has 6 heteroatoms. The average molecular weight is 367 g/mol. The van der Waals surface area contributed by atoms with Gasteiger partial charge in [-0.15, -0.1) is 0 Å². The van der Waals surface area contributed by atoms with Crippen molar-refractivity contribution in [2.75, 3.05) is 6.54 Å². The average Bonchev–Trinajstić information content (AvgIpc) is 2.68. The van der Waals surface area contributed by atoms with E-state index >= 15 is 0 Å². The lowest BCUT2D eigenvalue weighted by molar-refractivity contribution is 0.382. The van der Waals surface area contributed by atoms with Crippen molar-refractivity contribution in [3.8, 4) is 5.88 Å². The summed E-state index contributed by atoms with van der Waals surface area (Å²) in [5.41, 5.74) is 2.59. The minimum absolute atomic E-state index is 0.222. The third-order valence-electron chi connectivity index (χ3n) is 5.65. The number of allylic oxidation sites excluding steroid dienone is 2. The third-order valence-corrected chi connectivity index (χ3v) is 5.65. The third kappa shape index (κ3) is 3.49. The first-order valence-electron chi connectivity index (χ1n) is 9.70. The molecule has 0 spiro atoms. The zero-order valence-electron chi connectivity index (χ0n) is 15.3. The molecule has 0 fully saturated rings.